The highest BCUT2D eigenvalue weighted by atomic mass is 32.1. The Balaban J connectivity index is 1.31. The fraction of sp³-hybridized carbons (Fsp3) is 0.261. The lowest BCUT2D eigenvalue weighted by Crippen LogP contribution is -2.31. The molecule has 0 unspecified atom stereocenters. The minimum atomic E-state index is -0.952. The van der Waals surface area contributed by atoms with E-state index in [1.54, 1.807) is 29.5 Å². The van der Waals surface area contributed by atoms with E-state index in [4.69, 9.17) is 9.84 Å². The van der Waals surface area contributed by atoms with Gasteiger partial charge in [0.2, 0.25) is 5.91 Å². The Hall–Kier alpha value is -3.10. The van der Waals surface area contributed by atoms with Crippen LogP contribution in [-0.2, 0) is 20.7 Å². The van der Waals surface area contributed by atoms with Crippen LogP contribution in [0.4, 0.5) is 10.1 Å². The van der Waals surface area contributed by atoms with Crippen molar-refractivity contribution in [1.82, 2.24) is 4.98 Å². The molecule has 0 saturated heterocycles. The van der Waals surface area contributed by atoms with Crippen molar-refractivity contribution in [2.75, 3.05) is 11.9 Å². The third-order valence-corrected chi connectivity index (χ3v) is 6.38. The van der Waals surface area contributed by atoms with Crippen LogP contribution >= 0.6 is 11.3 Å². The molecular formula is C23H21FN2O4S. The highest BCUT2D eigenvalue weighted by molar-refractivity contribution is 7.15. The number of hydrogen-bond acceptors (Lipinski definition) is 5. The van der Waals surface area contributed by atoms with Gasteiger partial charge >= 0.3 is 5.97 Å². The van der Waals surface area contributed by atoms with Crippen LogP contribution in [0.5, 0.6) is 0 Å². The minimum Gasteiger partial charge on any atom is -0.480 e. The Bertz CT molecular complexity index is 1080. The molecule has 0 bridgehead atoms. The molecular weight excluding hydrogens is 419 g/mol. The Morgan fingerprint density at radius 1 is 1.16 bits per heavy atom. The number of aliphatic carboxylic acids is 1. The average Bonchev–Trinajstić information content (AvgIpc) is 3.18. The lowest BCUT2D eigenvalue weighted by Gasteiger charge is -2.33. The zero-order chi connectivity index (χ0) is 21.8. The summed E-state index contributed by atoms with van der Waals surface area (Å²) < 4.78 is 19.0. The summed E-state index contributed by atoms with van der Waals surface area (Å²) in [6, 6.07) is 13.7. The maximum absolute atomic E-state index is 13.7. The summed E-state index contributed by atoms with van der Waals surface area (Å²) in [6.45, 7) is -0.260. The Morgan fingerprint density at radius 2 is 1.90 bits per heavy atom. The molecule has 6 nitrogen and oxygen atoms in total. The number of anilines is 1. The molecule has 160 valence electrons. The quantitative estimate of drug-likeness (QED) is 0.539. The number of nitrogens with zero attached hydrogens (tertiary/aromatic N) is 1. The van der Waals surface area contributed by atoms with Gasteiger partial charge in [0.15, 0.2) is 0 Å². The monoisotopic (exact) mass is 440 g/mol. The third-order valence-electron chi connectivity index (χ3n) is 5.17. The smallest absolute Gasteiger partial charge is 0.329 e. The molecule has 0 aliphatic heterocycles. The summed E-state index contributed by atoms with van der Waals surface area (Å²) in [6.07, 6.45) is 3.36. The second-order valence-corrected chi connectivity index (χ2v) is 8.51. The predicted octanol–water partition coefficient (Wildman–Crippen LogP) is 4.48. The molecule has 4 rings (SSSR count). The standard InChI is InChI=1S/C23H21FN2O4S/c24-19-4-2-1-3-15(19)11-21(27)26-17-7-5-14(6-8-17)20-12-25-23(31-20)16-9-18(10-16)30-13-22(28)29/h1-8,12,16,18H,9-11,13H2,(H,26,27)(H,28,29). The first-order chi connectivity index (χ1) is 15.0. The number of thiazole rings is 1. The highest BCUT2D eigenvalue weighted by Gasteiger charge is 2.33. The maximum atomic E-state index is 13.7. The summed E-state index contributed by atoms with van der Waals surface area (Å²) in [5.74, 6) is -1.32. The van der Waals surface area contributed by atoms with Gasteiger partial charge in [0.05, 0.1) is 22.4 Å². The molecule has 0 atom stereocenters. The van der Waals surface area contributed by atoms with Gasteiger partial charge in [-0.05, 0) is 42.2 Å². The number of carboxylic acids is 1. The zero-order valence-electron chi connectivity index (χ0n) is 16.6. The van der Waals surface area contributed by atoms with Gasteiger partial charge in [0, 0.05) is 17.8 Å². The van der Waals surface area contributed by atoms with Crippen LogP contribution in [-0.4, -0.2) is 34.7 Å². The van der Waals surface area contributed by atoms with E-state index in [0.29, 0.717) is 17.2 Å². The average molecular weight is 440 g/mol. The van der Waals surface area contributed by atoms with Gasteiger partial charge in [-0.15, -0.1) is 11.3 Å². The fourth-order valence-corrected chi connectivity index (χ4v) is 4.49. The number of hydrogen-bond donors (Lipinski definition) is 2. The normalized spacial score (nSPS) is 17.7. The van der Waals surface area contributed by atoms with E-state index in [1.807, 2.05) is 30.5 Å². The van der Waals surface area contributed by atoms with Crippen LogP contribution in [0.2, 0.25) is 0 Å². The topological polar surface area (TPSA) is 88.5 Å². The molecule has 3 aromatic rings. The van der Waals surface area contributed by atoms with Crippen molar-refractivity contribution in [2.45, 2.75) is 31.3 Å². The lowest BCUT2D eigenvalue weighted by molar-refractivity contribution is -0.146. The molecule has 1 aromatic heterocycles. The molecule has 1 fully saturated rings. The molecule has 0 spiro atoms. The molecule has 8 heteroatoms. The van der Waals surface area contributed by atoms with Crippen LogP contribution in [0.15, 0.2) is 54.7 Å². The van der Waals surface area contributed by atoms with Crippen molar-refractivity contribution in [1.29, 1.82) is 0 Å². The number of amides is 1. The second kappa shape index (κ2) is 9.36. The Kier molecular flexibility index (Phi) is 6.39. The van der Waals surface area contributed by atoms with E-state index < -0.39 is 5.97 Å². The number of aromatic nitrogens is 1. The van der Waals surface area contributed by atoms with E-state index >= 15 is 0 Å². The minimum absolute atomic E-state index is 0.0132. The van der Waals surface area contributed by atoms with E-state index in [0.717, 1.165) is 28.3 Å². The first-order valence-corrected chi connectivity index (χ1v) is 10.7. The van der Waals surface area contributed by atoms with Gasteiger partial charge in [-0.3, -0.25) is 4.79 Å². The van der Waals surface area contributed by atoms with E-state index in [9.17, 15) is 14.0 Å². The van der Waals surface area contributed by atoms with Crippen molar-refractivity contribution >= 4 is 28.9 Å². The summed E-state index contributed by atoms with van der Waals surface area (Å²) in [7, 11) is 0. The fourth-order valence-electron chi connectivity index (χ4n) is 3.44. The van der Waals surface area contributed by atoms with Crippen molar-refractivity contribution in [2.24, 2.45) is 0 Å². The number of nitrogens with one attached hydrogen (secondary N) is 1. The van der Waals surface area contributed by atoms with Crippen molar-refractivity contribution in [3.63, 3.8) is 0 Å². The predicted molar refractivity (Wildman–Crippen MR) is 116 cm³/mol. The molecule has 1 heterocycles. The molecule has 1 saturated carbocycles. The number of carbonyl (C=O) groups is 2. The lowest BCUT2D eigenvalue weighted by atomic mass is 9.83. The van der Waals surface area contributed by atoms with Crippen molar-refractivity contribution < 1.29 is 23.8 Å². The van der Waals surface area contributed by atoms with Gasteiger partial charge in [0.25, 0.3) is 0 Å². The van der Waals surface area contributed by atoms with Crippen LogP contribution < -0.4 is 5.32 Å². The zero-order valence-corrected chi connectivity index (χ0v) is 17.4. The van der Waals surface area contributed by atoms with E-state index in [2.05, 4.69) is 10.3 Å². The number of carbonyl (C=O) groups excluding carboxylic acids is 1. The van der Waals surface area contributed by atoms with Crippen LogP contribution in [0.25, 0.3) is 10.4 Å². The molecule has 1 aliphatic carbocycles. The molecule has 1 amide bonds. The van der Waals surface area contributed by atoms with Gasteiger partial charge in [-0.25, -0.2) is 14.2 Å². The van der Waals surface area contributed by atoms with E-state index in [1.165, 1.54) is 6.07 Å². The second-order valence-electron chi connectivity index (χ2n) is 7.45. The van der Waals surface area contributed by atoms with Gasteiger partial charge in [0.1, 0.15) is 12.4 Å². The summed E-state index contributed by atoms with van der Waals surface area (Å²) in [5.41, 5.74) is 2.00. The Morgan fingerprint density at radius 3 is 2.61 bits per heavy atom. The first-order valence-electron chi connectivity index (χ1n) is 9.90. The van der Waals surface area contributed by atoms with Crippen LogP contribution in [0.1, 0.15) is 29.3 Å². The van der Waals surface area contributed by atoms with Gasteiger partial charge < -0.3 is 15.2 Å². The first kappa shape index (κ1) is 21.1. The number of ether oxygens (including phenoxy) is 1. The molecule has 1 aliphatic rings. The van der Waals surface area contributed by atoms with E-state index in [-0.39, 0.29) is 30.9 Å². The van der Waals surface area contributed by atoms with Gasteiger partial charge in [-0.1, -0.05) is 30.3 Å². The molecule has 31 heavy (non-hydrogen) atoms. The number of carboxylic acid groups (broad SMARTS) is 1. The van der Waals surface area contributed by atoms with Crippen molar-refractivity contribution in [3.8, 4) is 10.4 Å². The SMILES string of the molecule is O=C(O)COC1CC(c2ncc(-c3ccc(NC(=O)Cc4ccccc4F)cc3)s2)C1. The largest absolute Gasteiger partial charge is 0.480 e. The third kappa shape index (κ3) is 5.34. The molecule has 0 radical (unpaired) electrons. The number of halogens is 1. The number of benzene rings is 2. The Labute approximate surface area is 182 Å². The molecule has 2 aromatic carbocycles. The van der Waals surface area contributed by atoms with Crippen molar-refractivity contribution in [3.05, 3.63) is 71.1 Å². The summed E-state index contributed by atoms with van der Waals surface area (Å²) in [5, 5.41) is 12.5. The summed E-state index contributed by atoms with van der Waals surface area (Å²) in [4.78, 5) is 28.3. The maximum Gasteiger partial charge on any atom is 0.329 e. The van der Waals surface area contributed by atoms with Gasteiger partial charge in [-0.2, -0.15) is 0 Å². The summed E-state index contributed by atoms with van der Waals surface area (Å²) >= 11 is 1.61. The number of rotatable bonds is 8. The van der Waals surface area contributed by atoms with Crippen LogP contribution in [0.3, 0.4) is 0 Å². The van der Waals surface area contributed by atoms with Crippen LogP contribution in [0, 0.1) is 5.82 Å². The molecule has 2 N–H and O–H groups in total. The highest BCUT2D eigenvalue weighted by Crippen LogP contribution is 2.42.